The van der Waals surface area contributed by atoms with E-state index in [1.54, 1.807) is 48.5 Å². The molecule has 24 heavy (non-hydrogen) atoms. The summed E-state index contributed by atoms with van der Waals surface area (Å²) in [5.41, 5.74) is 4.35. The number of nitrogens with zero attached hydrogens (tertiary/aromatic N) is 1. The minimum atomic E-state index is -0.190. The summed E-state index contributed by atoms with van der Waals surface area (Å²) in [7, 11) is 3.22. The quantitative estimate of drug-likeness (QED) is 0.655. The van der Waals surface area contributed by atoms with Crippen LogP contribution in [0.4, 0.5) is 0 Å². The molecule has 0 spiro atoms. The zero-order valence-corrected chi connectivity index (χ0v) is 15.0. The van der Waals surface area contributed by atoms with Crippen LogP contribution in [0.5, 0.6) is 17.2 Å². The van der Waals surface area contributed by atoms with Crippen LogP contribution in [0.3, 0.4) is 0 Å². The largest absolute Gasteiger partial charge is 0.508 e. The third-order valence-electron chi connectivity index (χ3n) is 3.35. The lowest BCUT2D eigenvalue weighted by Crippen LogP contribution is -2.39. The smallest absolute Gasteiger partial charge is 0.238 e. The zero-order valence-electron chi connectivity index (χ0n) is 13.4. The molecular formula is C17H19BrN2O4. The van der Waals surface area contributed by atoms with Gasteiger partial charge < -0.3 is 14.9 Å². The molecule has 0 radical (unpaired) electrons. The molecule has 0 aliphatic carbocycles. The molecule has 0 atom stereocenters. The summed E-state index contributed by atoms with van der Waals surface area (Å²) in [6.45, 7) is 0.420. The number of carbonyl (C=O) groups is 1. The molecule has 0 aromatic heterocycles. The molecule has 2 aromatic rings. The van der Waals surface area contributed by atoms with Crippen molar-refractivity contribution < 1.29 is 19.7 Å². The van der Waals surface area contributed by atoms with Crippen molar-refractivity contribution in [3.05, 3.63) is 52.0 Å². The van der Waals surface area contributed by atoms with Gasteiger partial charge in [0.05, 0.1) is 13.5 Å². The van der Waals surface area contributed by atoms with Crippen molar-refractivity contribution in [3.63, 3.8) is 0 Å². The molecule has 2 rings (SSSR count). The average molecular weight is 395 g/mol. The normalized spacial score (nSPS) is 10.7. The number of rotatable bonds is 6. The number of hydrogen-bond acceptors (Lipinski definition) is 5. The number of ether oxygens (including phenoxy) is 1. The number of nitrogens with one attached hydrogen (secondary N) is 1. The number of carbonyl (C=O) groups excluding carboxylic acids is 1. The molecule has 128 valence electrons. The van der Waals surface area contributed by atoms with Crippen LogP contribution in [-0.4, -0.2) is 35.3 Å². The van der Waals surface area contributed by atoms with Crippen LogP contribution < -0.4 is 10.2 Å². The first-order valence-corrected chi connectivity index (χ1v) is 8.02. The molecule has 0 heterocycles. The molecule has 7 heteroatoms. The van der Waals surface area contributed by atoms with Crippen molar-refractivity contribution in [2.75, 3.05) is 14.2 Å². The van der Waals surface area contributed by atoms with Crippen LogP contribution in [0.2, 0.25) is 0 Å². The molecule has 0 saturated heterocycles. The van der Waals surface area contributed by atoms with Gasteiger partial charge in [-0.3, -0.25) is 10.2 Å². The van der Waals surface area contributed by atoms with Gasteiger partial charge in [0, 0.05) is 18.1 Å². The molecule has 2 aromatic carbocycles. The van der Waals surface area contributed by atoms with Gasteiger partial charge in [-0.2, -0.15) is 0 Å². The van der Waals surface area contributed by atoms with Gasteiger partial charge in [-0.1, -0.05) is 28.1 Å². The van der Waals surface area contributed by atoms with Gasteiger partial charge >= 0.3 is 0 Å². The van der Waals surface area contributed by atoms with E-state index in [0.29, 0.717) is 12.3 Å². The minimum Gasteiger partial charge on any atom is -0.508 e. The number of halogens is 1. The molecule has 0 unspecified atom stereocenters. The number of aromatic hydroxyl groups is 2. The van der Waals surface area contributed by atoms with Crippen LogP contribution in [0.15, 0.2) is 40.9 Å². The molecule has 0 saturated carbocycles. The Morgan fingerprint density at radius 3 is 2.71 bits per heavy atom. The SMILES string of the molecule is COc1cc(CN(C)NC(=O)Cc2cccc(O)c2)c(Br)cc1O. The van der Waals surface area contributed by atoms with Crippen LogP contribution >= 0.6 is 15.9 Å². The molecule has 3 N–H and O–H groups in total. The predicted octanol–water partition coefficient (Wildman–Crippen LogP) is 2.57. The summed E-state index contributed by atoms with van der Waals surface area (Å²) in [6.07, 6.45) is 0.165. The van der Waals surface area contributed by atoms with Crippen LogP contribution in [0.1, 0.15) is 11.1 Å². The Balaban J connectivity index is 1.97. The van der Waals surface area contributed by atoms with Crippen molar-refractivity contribution in [1.82, 2.24) is 10.4 Å². The van der Waals surface area contributed by atoms with E-state index in [1.165, 1.54) is 7.11 Å². The second kappa shape index (κ2) is 8.03. The van der Waals surface area contributed by atoms with Crippen LogP contribution in [0, 0.1) is 0 Å². The van der Waals surface area contributed by atoms with Gasteiger partial charge in [0.25, 0.3) is 0 Å². The molecule has 1 amide bonds. The summed E-state index contributed by atoms with van der Waals surface area (Å²) in [6, 6.07) is 9.85. The van der Waals surface area contributed by atoms with Crippen molar-refractivity contribution >= 4 is 21.8 Å². The monoisotopic (exact) mass is 394 g/mol. The Morgan fingerprint density at radius 1 is 1.29 bits per heavy atom. The lowest BCUT2D eigenvalue weighted by Gasteiger charge is -2.19. The summed E-state index contributed by atoms with van der Waals surface area (Å²) in [5, 5.41) is 20.8. The standard InChI is InChI=1S/C17H19BrN2O4/c1-20(10-12-8-16(24-2)15(22)9-14(12)18)19-17(23)7-11-4-3-5-13(21)6-11/h3-6,8-9,21-22H,7,10H2,1-2H3,(H,19,23). The number of hydrazine groups is 1. The minimum absolute atomic E-state index is 0.0451. The van der Waals surface area contributed by atoms with Crippen molar-refractivity contribution in [2.24, 2.45) is 0 Å². The van der Waals surface area contributed by atoms with Gasteiger partial charge in [0.2, 0.25) is 5.91 Å². The number of hydrogen-bond donors (Lipinski definition) is 3. The number of phenols is 2. The molecule has 0 aliphatic heterocycles. The Morgan fingerprint density at radius 2 is 2.04 bits per heavy atom. The summed E-state index contributed by atoms with van der Waals surface area (Å²) in [4.78, 5) is 12.1. The van der Waals surface area contributed by atoms with Crippen molar-refractivity contribution in [2.45, 2.75) is 13.0 Å². The number of phenolic OH excluding ortho intramolecular Hbond substituents is 2. The third-order valence-corrected chi connectivity index (χ3v) is 4.08. The lowest BCUT2D eigenvalue weighted by atomic mass is 10.1. The van der Waals surface area contributed by atoms with Crippen LogP contribution in [-0.2, 0) is 17.8 Å². The Labute approximate surface area is 148 Å². The lowest BCUT2D eigenvalue weighted by molar-refractivity contribution is -0.124. The Bertz CT molecular complexity index is 737. The van der Waals surface area contributed by atoms with Gasteiger partial charge in [-0.05, 0) is 35.4 Å². The number of benzene rings is 2. The fourth-order valence-corrected chi connectivity index (χ4v) is 2.73. The molecular weight excluding hydrogens is 376 g/mol. The van der Waals surface area contributed by atoms with E-state index in [0.717, 1.165) is 15.6 Å². The van der Waals surface area contributed by atoms with E-state index in [9.17, 15) is 15.0 Å². The second-order valence-electron chi connectivity index (χ2n) is 5.35. The zero-order chi connectivity index (χ0) is 17.7. The first kappa shape index (κ1) is 18.1. The number of methoxy groups -OCH3 is 1. The van der Waals surface area contributed by atoms with E-state index >= 15 is 0 Å². The van der Waals surface area contributed by atoms with Crippen molar-refractivity contribution in [1.29, 1.82) is 0 Å². The van der Waals surface area contributed by atoms with Crippen molar-refractivity contribution in [3.8, 4) is 17.2 Å². The molecule has 0 aliphatic rings. The van der Waals surface area contributed by atoms with E-state index in [-0.39, 0.29) is 23.8 Å². The topological polar surface area (TPSA) is 82.0 Å². The maximum atomic E-state index is 12.1. The Hall–Kier alpha value is -2.25. The predicted molar refractivity (Wildman–Crippen MR) is 93.8 cm³/mol. The highest BCUT2D eigenvalue weighted by Gasteiger charge is 2.12. The highest BCUT2D eigenvalue weighted by atomic mass is 79.9. The summed E-state index contributed by atoms with van der Waals surface area (Å²) < 4.78 is 5.81. The van der Waals surface area contributed by atoms with Gasteiger partial charge in [-0.25, -0.2) is 5.01 Å². The fraction of sp³-hybridized carbons (Fsp3) is 0.235. The second-order valence-corrected chi connectivity index (χ2v) is 6.21. The highest BCUT2D eigenvalue weighted by molar-refractivity contribution is 9.10. The first-order valence-electron chi connectivity index (χ1n) is 7.23. The van der Waals surface area contributed by atoms with E-state index in [4.69, 9.17) is 4.74 Å². The fourth-order valence-electron chi connectivity index (χ4n) is 2.27. The van der Waals surface area contributed by atoms with Crippen LogP contribution in [0.25, 0.3) is 0 Å². The Kier molecular flexibility index (Phi) is 6.05. The van der Waals surface area contributed by atoms with E-state index in [2.05, 4.69) is 21.4 Å². The average Bonchev–Trinajstić information content (AvgIpc) is 2.49. The van der Waals surface area contributed by atoms with E-state index in [1.807, 2.05) is 0 Å². The highest BCUT2D eigenvalue weighted by Crippen LogP contribution is 2.32. The third kappa shape index (κ3) is 4.87. The summed E-state index contributed by atoms with van der Waals surface area (Å²) in [5.74, 6) is 0.357. The molecule has 0 fully saturated rings. The number of amides is 1. The maximum Gasteiger partial charge on any atom is 0.238 e. The maximum absolute atomic E-state index is 12.1. The molecule has 6 nitrogen and oxygen atoms in total. The van der Waals surface area contributed by atoms with Gasteiger partial charge in [-0.15, -0.1) is 0 Å². The summed E-state index contributed by atoms with van der Waals surface area (Å²) >= 11 is 3.38. The van der Waals surface area contributed by atoms with Gasteiger partial charge in [0.15, 0.2) is 11.5 Å². The first-order chi connectivity index (χ1) is 11.4. The molecule has 0 bridgehead atoms. The van der Waals surface area contributed by atoms with E-state index < -0.39 is 0 Å². The van der Waals surface area contributed by atoms with Gasteiger partial charge in [0.1, 0.15) is 5.75 Å².